The zero-order valence-corrected chi connectivity index (χ0v) is 17.1. The van der Waals surface area contributed by atoms with E-state index in [1.54, 1.807) is 31.2 Å². The molecule has 1 amide bonds. The topological polar surface area (TPSA) is 95.3 Å². The van der Waals surface area contributed by atoms with E-state index in [2.05, 4.69) is 20.3 Å². The minimum atomic E-state index is -3.03. The number of hydrogen-bond donors (Lipinski definition) is 1. The number of benzene rings is 2. The van der Waals surface area contributed by atoms with Gasteiger partial charge < -0.3 is 14.8 Å². The van der Waals surface area contributed by atoms with Crippen molar-refractivity contribution < 1.29 is 27.8 Å². The van der Waals surface area contributed by atoms with Gasteiger partial charge >= 0.3 is 12.6 Å². The summed E-state index contributed by atoms with van der Waals surface area (Å²) in [6, 6.07) is 12.7. The molecule has 8 nitrogen and oxygen atoms in total. The fraction of sp³-hybridized carbons (Fsp3) is 0.200. The summed E-state index contributed by atoms with van der Waals surface area (Å²) in [6.45, 7) is -0.0560. The van der Waals surface area contributed by atoms with E-state index in [0.717, 1.165) is 0 Å². The van der Waals surface area contributed by atoms with Gasteiger partial charge in [-0.1, -0.05) is 29.8 Å². The molecule has 1 aromatic heterocycles. The van der Waals surface area contributed by atoms with Crippen molar-refractivity contribution in [1.29, 1.82) is 0 Å². The summed E-state index contributed by atoms with van der Waals surface area (Å²) >= 11 is 5.86. The van der Waals surface area contributed by atoms with Gasteiger partial charge in [0.05, 0.1) is 16.4 Å². The molecule has 0 aliphatic heterocycles. The molecule has 0 aliphatic rings. The summed E-state index contributed by atoms with van der Waals surface area (Å²) in [6.07, 6.45) is -1.18. The van der Waals surface area contributed by atoms with Crippen LogP contribution in [-0.4, -0.2) is 39.6 Å². The van der Waals surface area contributed by atoms with E-state index in [4.69, 9.17) is 16.3 Å². The first-order valence-corrected chi connectivity index (χ1v) is 9.38. The molecule has 11 heteroatoms. The predicted octanol–water partition coefficient (Wildman–Crippen LogP) is 4.01. The zero-order chi connectivity index (χ0) is 22.5. The van der Waals surface area contributed by atoms with Crippen LogP contribution in [0.2, 0.25) is 5.02 Å². The Morgan fingerprint density at radius 1 is 1.13 bits per heavy atom. The molecule has 0 saturated carbocycles. The molecular weight excluding hydrogens is 434 g/mol. The monoisotopic (exact) mass is 450 g/mol. The fourth-order valence-corrected chi connectivity index (χ4v) is 2.75. The third-order valence-electron chi connectivity index (χ3n) is 4.03. The van der Waals surface area contributed by atoms with Crippen LogP contribution in [0.1, 0.15) is 23.1 Å². The summed E-state index contributed by atoms with van der Waals surface area (Å²) in [4.78, 5) is 26.1. The second-order valence-corrected chi connectivity index (χ2v) is 6.73. The Balaban J connectivity index is 1.64. The molecule has 0 aliphatic carbocycles. The van der Waals surface area contributed by atoms with Crippen molar-refractivity contribution in [2.75, 3.05) is 5.32 Å². The van der Waals surface area contributed by atoms with E-state index in [1.165, 1.54) is 29.9 Å². The number of aromatic nitrogens is 3. The molecule has 1 unspecified atom stereocenters. The third-order valence-corrected chi connectivity index (χ3v) is 4.33. The predicted molar refractivity (Wildman–Crippen MR) is 108 cm³/mol. The van der Waals surface area contributed by atoms with Gasteiger partial charge in [0, 0.05) is 5.69 Å². The van der Waals surface area contributed by atoms with Gasteiger partial charge in [-0.15, -0.1) is 5.10 Å². The quantitative estimate of drug-likeness (QED) is 0.546. The van der Waals surface area contributed by atoms with Crippen molar-refractivity contribution in [3.8, 4) is 11.4 Å². The highest BCUT2D eigenvalue weighted by atomic mass is 35.5. The normalized spacial score (nSPS) is 11.8. The van der Waals surface area contributed by atoms with Gasteiger partial charge in [0.1, 0.15) is 5.75 Å². The Hall–Kier alpha value is -3.53. The maximum atomic E-state index is 12.5. The maximum Gasteiger partial charge on any atom is 0.387 e. The summed E-state index contributed by atoms with van der Waals surface area (Å²) in [5.74, 6) is -1.70. The van der Waals surface area contributed by atoms with E-state index < -0.39 is 24.6 Å². The first-order chi connectivity index (χ1) is 14.7. The van der Waals surface area contributed by atoms with Crippen LogP contribution < -0.4 is 10.1 Å². The van der Waals surface area contributed by atoms with Crippen molar-refractivity contribution in [3.05, 3.63) is 64.9 Å². The average Bonchev–Trinajstić information content (AvgIpc) is 3.12. The molecule has 0 spiro atoms. The van der Waals surface area contributed by atoms with E-state index in [9.17, 15) is 18.4 Å². The van der Waals surface area contributed by atoms with Crippen molar-refractivity contribution in [1.82, 2.24) is 15.0 Å². The number of halogens is 3. The largest absolute Gasteiger partial charge is 0.448 e. The van der Waals surface area contributed by atoms with Gasteiger partial charge in [-0.2, -0.15) is 18.7 Å². The van der Waals surface area contributed by atoms with Crippen LogP contribution in [0.15, 0.2) is 48.5 Å². The number of para-hydroxylation sites is 1. The second kappa shape index (κ2) is 9.52. The van der Waals surface area contributed by atoms with Crippen molar-refractivity contribution >= 4 is 29.2 Å². The molecule has 3 rings (SSSR count). The molecule has 3 aromatic rings. The van der Waals surface area contributed by atoms with Crippen molar-refractivity contribution in [3.63, 3.8) is 0 Å². The number of nitrogens with one attached hydrogen (secondary N) is 1. The van der Waals surface area contributed by atoms with Gasteiger partial charge in [-0.25, -0.2) is 4.79 Å². The number of carbonyl (C=O) groups excluding carboxylic acids is 2. The lowest BCUT2D eigenvalue weighted by Gasteiger charge is -2.14. The number of carbonyl (C=O) groups is 2. The number of amides is 1. The molecular formula is C20H17ClF2N4O4. The lowest BCUT2D eigenvalue weighted by atomic mass is 10.2. The number of aryl methyl sites for hydroxylation is 1. The van der Waals surface area contributed by atoms with Crippen molar-refractivity contribution in [2.24, 2.45) is 0 Å². The van der Waals surface area contributed by atoms with Crippen LogP contribution in [-0.2, 0) is 9.53 Å². The lowest BCUT2D eigenvalue weighted by molar-refractivity contribution is -0.123. The Kier molecular flexibility index (Phi) is 6.81. The molecule has 31 heavy (non-hydrogen) atoms. The summed E-state index contributed by atoms with van der Waals surface area (Å²) in [5.41, 5.74) is 1.18. The second-order valence-electron chi connectivity index (χ2n) is 6.32. The van der Waals surface area contributed by atoms with Gasteiger partial charge in [0.2, 0.25) is 0 Å². The molecule has 0 saturated heterocycles. The fourth-order valence-electron chi connectivity index (χ4n) is 2.53. The molecule has 2 aromatic carbocycles. The van der Waals surface area contributed by atoms with Gasteiger partial charge in [0.15, 0.2) is 11.8 Å². The number of nitrogens with zero attached hydrogens (tertiary/aromatic N) is 3. The Labute approximate surface area is 180 Å². The van der Waals surface area contributed by atoms with Crippen LogP contribution in [0.3, 0.4) is 0 Å². The minimum Gasteiger partial charge on any atom is -0.448 e. The van der Waals surface area contributed by atoms with Crippen LogP contribution in [0.25, 0.3) is 5.69 Å². The van der Waals surface area contributed by atoms with Crippen molar-refractivity contribution in [2.45, 2.75) is 26.6 Å². The highest BCUT2D eigenvalue weighted by Gasteiger charge is 2.24. The number of rotatable bonds is 7. The Morgan fingerprint density at radius 2 is 1.84 bits per heavy atom. The minimum absolute atomic E-state index is 0.0277. The Bertz CT molecular complexity index is 1090. The maximum absolute atomic E-state index is 12.5. The first-order valence-electron chi connectivity index (χ1n) is 9.00. The van der Waals surface area contributed by atoms with Crippen LogP contribution in [0, 0.1) is 6.92 Å². The first kappa shape index (κ1) is 22.2. The number of alkyl halides is 2. The van der Waals surface area contributed by atoms with Gasteiger partial charge in [-0.05, 0) is 44.2 Å². The van der Waals surface area contributed by atoms with E-state index in [-0.39, 0.29) is 22.2 Å². The average molecular weight is 451 g/mol. The molecule has 162 valence electrons. The van der Waals surface area contributed by atoms with E-state index in [0.29, 0.717) is 11.4 Å². The molecule has 1 N–H and O–H groups in total. The summed E-state index contributed by atoms with van der Waals surface area (Å²) < 4.78 is 34.0. The van der Waals surface area contributed by atoms with E-state index in [1.807, 2.05) is 6.07 Å². The van der Waals surface area contributed by atoms with Crippen LogP contribution >= 0.6 is 11.6 Å². The third kappa shape index (κ3) is 5.54. The number of esters is 1. The highest BCUT2D eigenvalue weighted by Crippen LogP contribution is 2.29. The zero-order valence-electron chi connectivity index (χ0n) is 16.4. The van der Waals surface area contributed by atoms with E-state index >= 15 is 0 Å². The number of ether oxygens (including phenoxy) is 2. The van der Waals surface area contributed by atoms with Gasteiger partial charge in [-0.3, -0.25) is 4.79 Å². The van der Waals surface area contributed by atoms with Crippen LogP contribution in [0.4, 0.5) is 14.5 Å². The molecule has 0 radical (unpaired) electrons. The SMILES string of the molecule is Cc1nn(-c2ccccc2)nc1C(=O)OC(C)C(=O)Nc1ccc(OC(F)F)c(Cl)c1. The standard InChI is InChI=1S/C20H17ClF2N4O4/c1-11-17(26-27(25-11)14-6-4-3-5-7-14)19(29)30-12(2)18(28)24-13-8-9-16(15(21)10-13)31-20(22)23/h3-10,12,20H,1-2H3,(H,24,28). The number of anilines is 1. The number of hydrogen-bond acceptors (Lipinski definition) is 6. The smallest absolute Gasteiger partial charge is 0.387 e. The Morgan fingerprint density at radius 3 is 2.48 bits per heavy atom. The molecule has 0 bridgehead atoms. The summed E-state index contributed by atoms with van der Waals surface area (Å²) in [5, 5.41) is 10.7. The lowest BCUT2D eigenvalue weighted by Crippen LogP contribution is -2.30. The summed E-state index contributed by atoms with van der Waals surface area (Å²) in [7, 11) is 0. The molecule has 1 heterocycles. The molecule has 1 atom stereocenters. The highest BCUT2D eigenvalue weighted by molar-refractivity contribution is 6.32. The van der Waals surface area contributed by atoms with Crippen LogP contribution in [0.5, 0.6) is 5.75 Å². The molecule has 0 fully saturated rings. The van der Waals surface area contributed by atoms with Gasteiger partial charge in [0.25, 0.3) is 5.91 Å².